The zero-order valence-electron chi connectivity index (χ0n) is 10.3. The molecule has 0 N–H and O–H groups in total. The third-order valence-electron chi connectivity index (χ3n) is 3.29. The Morgan fingerprint density at radius 3 is 3.00 bits per heavy atom. The lowest BCUT2D eigenvalue weighted by atomic mass is 9.94. The van der Waals surface area contributed by atoms with E-state index in [1.165, 1.54) is 25.7 Å². The molecule has 1 aliphatic rings. The van der Waals surface area contributed by atoms with Crippen molar-refractivity contribution in [3.05, 3.63) is 18.1 Å². The predicted octanol–water partition coefficient (Wildman–Crippen LogP) is 2.36. The minimum atomic E-state index is 0.385. The molecule has 0 spiro atoms. The van der Waals surface area contributed by atoms with E-state index < -0.39 is 0 Å². The molecule has 0 aromatic carbocycles. The summed E-state index contributed by atoms with van der Waals surface area (Å²) in [5, 5.41) is 8.68. The highest BCUT2D eigenvalue weighted by Gasteiger charge is 2.20. The van der Waals surface area contributed by atoms with E-state index in [-0.39, 0.29) is 0 Å². The molecular formula is C13H18N4. The highest BCUT2D eigenvalue weighted by atomic mass is 15.2. The van der Waals surface area contributed by atoms with Gasteiger partial charge in [-0.3, -0.25) is 0 Å². The first-order chi connectivity index (χ1) is 8.33. The number of hydrogen-bond acceptors (Lipinski definition) is 4. The highest BCUT2D eigenvalue weighted by Crippen LogP contribution is 2.23. The summed E-state index contributed by atoms with van der Waals surface area (Å²) in [5.41, 5.74) is 0.385. The average Bonchev–Trinajstić information content (AvgIpc) is 2.40. The summed E-state index contributed by atoms with van der Waals surface area (Å²) >= 11 is 0. The van der Waals surface area contributed by atoms with Crippen LogP contribution in [0.25, 0.3) is 0 Å². The van der Waals surface area contributed by atoms with E-state index in [1.54, 1.807) is 12.4 Å². The van der Waals surface area contributed by atoms with Gasteiger partial charge in [-0.1, -0.05) is 13.3 Å². The molecule has 1 fully saturated rings. The molecule has 4 heteroatoms. The molecule has 1 aromatic heterocycles. The minimum Gasteiger partial charge on any atom is -0.355 e. The Labute approximate surface area is 102 Å². The lowest BCUT2D eigenvalue weighted by molar-refractivity contribution is 0.386. The lowest BCUT2D eigenvalue weighted by Gasteiger charge is -2.33. The molecule has 1 aliphatic heterocycles. The van der Waals surface area contributed by atoms with Crippen LogP contribution in [0.4, 0.5) is 5.82 Å². The quantitative estimate of drug-likeness (QED) is 0.800. The van der Waals surface area contributed by atoms with Gasteiger partial charge in [-0.2, -0.15) is 5.26 Å². The molecule has 4 nitrogen and oxygen atoms in total. The van der Waals surface area contributed by atoms with Gasteiger partial charge in [-0.15, -0.1) is 0 Å². The summed E-state index contributed by atoms with van der Waals surface area (Å²) in [5.74, 6) is 1.69. The molecule has 2 heterocycles. The average molecular weight is 230 g/mol. The number of hydrogen-bond donors (Lipinski definition) is 0. The second kappa shape index (κ2) is 5.62. The Morgan fingerprint density at radius 1 is 1.47 bits per heavy atom. The minimum absolute atomic E-state index is 0.385. The van der Waals surface area contributed by atoms with E-state index in [9.17, 15) is 0 Å². The summed E-state index contributed by atoms with van der Waals surface area (Å²) < 4.78 is 0. The number of aromatic nitrogens is 2. The van der Waals surface area contributed by atoms with Crippen molar-refractivity contribution in [2.75, 3.05) is 18.0 Å². The van der Waals surface area contributed by atoms with Gasteiger partial charge in [0.25, 0.3) is 0 Å². The molecule has 17 heavy (non-hydrogen) atoms. The largest absolute Gasteiger partial charge is 0.355 e. The first kappa shape index (κ1) is 11.8. The number of rotatable bonds is 3. The third kappa shape index (κ3) is 2.94. The van der Waals surface area contributed by atoms with Crippen LogP contribution in [0.3, 0.4) is 0 Å². The third-order valence-corrected chi connectivity index (χ3v) is 3.29. The van der Waals surface area contributed by atoms with E-state index in [1.807, 2.05) is 6.07 Å². The van der Waals surface area contributed by atoms with E-state index in [4.69, 9.17) is 5.26 Å². The Kier molecular flexibility index (Phi) is 3.92. The van der Waals surface area contributed by atoms with E-state index in [2.05, 4.69) is 21.8 Å². The van der Waals surface area contributed by atoms with Crippen LogP contribution >= 0.6 is 0 Å². The van der Waals surface area contributed by atoms with Crippen LogP contribution in [0.1, 0.15) is 38.3 Å². The molecule has 1 unspecified atom stereocenters. The van der Waals surface area contributed by atoms with Crippen LogP contribution in [-0.2, 0) is 0 Å². The molecular weight excluding hydrogens is 212 g/mol. The number of nitrogens with zero attached hydrogens (tertiary/aromatic N) is 4. The Hall–Kier alpha value is -1.63. The van der Waals surface area contributed by atoms with Crippen LogP contribution in [-0.4, -0.2) is 23.1 Å². The van der Waals surface area contributed by atoms with Gasteiger partial charge in [0, 0.05) is 13.1 Å². The lowest BCUT2D eigenvalue weighted by Crippen LogP contribution is -2.35. The van der Waals surface area contributed by atoms with Crippen LogP contribution in [0.2, 0.25) is 0 Å². The molecule has 0 radical (unpaired) electrons. The van der Waals surface area contributed by atoms with E-state index in [0.717, 1.165) is 24.8 Å². The van der Waals surface area contributed by atoms with Crippen molar-refractivity contribution in [1.82, 2.24) is 9.97 Å². The number of piperidine rings is 1. The van der Waals surface area contributed by atoms with Crippen LogP contribution in [0, 0.1) is 17.2 Å². The van der Waals surface area contributed by atoms with Crippen LogP contribution < -0.4 is 4.90 Å². The Morgan fingerprint density at radius 2 is 2.35 bits per heavy atom. The maximum Gasteiger partial charge on any atom is 0.158 e. The zero-order valence-corrected chi connectivity index (χ0v) is 10.3. The highest BCUT2D eigenvalue weighted by molar-refractivity contribution is 5.37. The summed E-state index contributed by atoms with van der Waals surface area (Å²) in [7, 11) is 0. The molecule has 0 amide bonds. The predicted molar refractivity (Wildman–Crippen MR) is 66.6 cm³/mol. The van der Waals surface area contributed by atoms with Crippen LogP contribution in [0.5, 0.6) is 0 Å². The molecule has 90 valence electrons. The Bertz CT molecular complexity index is 391. The van der Waals surface area contributed by atoms with Crippen molar-refractivity contribution >= 4 is 5.82 Å². The van der Waals surface area contributed by atoms with Crippen molar-refractivity contribution in [3.8, 4) is 6.07 Å². The fourth-order valence-corrected chi connectivity index (χ4v) is 2.46. The summed E-state index contributed by atoms with van der Waals surface area (Å²) in [6.07, 6.45) is 8.36. The summed E-state index contributed by atoms with van der Waals surface area (Å²) in [4.78, 5) is 10.7. The van der Waals surface area contributed by atoms with Gasteiger partial charge >= 0.3 is 0 Å². The number of nitriles is 1. The topological polar surface area (TPSA) is 52.8 Å². The van der Waals surface area contributed by atoms with Crippen molar-refractivity contribution in [1.29, 1.82) is 5.26 Å². The summed E-state index contributed by atoms with van der Waals surface area (Å²) in [6.45, 7) is 4.37. The van der Waals surface area contributed by atoms with E-state index >= 15 is 0 Å². The van der Waals surface area contributed by atoms with Gasteiger partial charge in [-0.25, -0.2) is 9.97 Å². The molecule has 1 atom stereocenters. The van der Waals surface area contributed by atoms with Gasteiger partial charge < -0.3 is 4.90 Å². The van der Waals surface area contributed by atoms with Crippen molar-refractivity contribution in [2.45, 2.75) is 32.6 Å². The van der Waals surface area contributed by atoms with Crippen molar-refractivity contribution < 1.29 is 0 Å². The maximum atomic E-state index is 8.68. The SMILES string of the molecule is CCCC1CCCN(c2cnc(C#N)cn2)C1. The Balaban J connectivity index is 2.03. The second-order valence-corrected chi connectivity index (χ2v) is 4.61. The van der Waals surface area contributed by atoms with Crippen LogP contribution in [0.15, 0.2) is 12.4 Å². The van der Waals surface area contributed by atoms with Gasteiger partial charge in [0.05, 0.1) is 12.4 Å². The maximum absolute atomic E-state index is 8.68. The van der Waals surface area contributed by atoms with Gasteiger partial charge in [0.1, 0.15) is 11.9 Å². The molecule has 2 rings (SSSR count). The molecule has 0 saturated carbocycles. The monoisotopic (exact) mass is 230 g/mol. The normalized spacial score (nSPS) is 20.0. The summed E-state index contributed by atoms with van der Waals surface area (Å²) in [6, 6.07) is 1.99. The van der Waals surface area contributed by atoms with Gasteiger partial charge in [-0.05, 0) is 25.2 Å². The first-order valence-electron chi connectivity index (χ1n) is 6.30. The molecule has 1 aromatic rings. The van der Waals surface area contributed by atoms with Gasteiger partial charge in [0.2, 0.25) is 0 Å². The molecule has 0 bridgehead atoms. The molecule has 1 saturated heterocycles. The molecule has 0 aliphatic carbocycles. The fraction of sp³-hybridized carbons (Fsp3) is 0.615. The van der Waals surface area contributed by atoms with E-state index in [0.29, 0.717) is 5.69 Å². The van der Waals surface area contributed by atoms with Crippen molar-refractivity contribution in [2.24, 2.45) is 5.92 Å². The zero-order chi connectivity index (χ0) is 12.1. The fourth-order valence-electron chi connectivity index (χ4n) is 2.46. The standard InChI is InChI=1S/C13H18N4/c1-2-4-11-5-3-6-17(10-11)13-9-15-12(7-14)8-16-13/h8-9,11H,2-6,10H2,1H3. The first-order valence-corrected chi connectivity index (χ1v) is 6.30. The second-order valence-electron chi connectivity index (χ2n) is 4.61. The number of anilines is 1. The van der Waals surface area contributed by atoms with Gasteiger partial charge in [0.15, 0.2) is 5.69 Å². The smallest absolute Gasteiger partial charge is 0.158 e. The van der Waals surface area contributed by atoms with Crippen molar-refractivity contribution in [3.63, 3.8) is 0 Å².